The van der Waals surface area contributed by atoms with Crippen molar-refractivity contribution in [3.8, 4) is 5.75 Å². The number of benzene rings is 2. The maximum Gasteiger partial charge on any atom is 0.167 e. The highest BCUT2D eigenvalue weighted by atomic mass is 16.5. The summed E-state index contributed by atoms with van der Waals surface area (Å²) in [6, 6.07) is 15.3. The lowest BCUT2D eigenvalue weighted by Crippen LogP contribution is -2.05. The van der Waals surface area contributed by atoms with E-state index in [1.165, 1.54) is 0 Å². The van der Waals surface area contributed by atoms with Gasteiger partial charge in [-0.15, -0.1) is 0 Å². The quantitative estimate of drug-likeness (QED) is 0.765. The van der Waals surface area contributed by atoms with E-state index in [0.29, 0.717) is 6.42 Å². The number of ether oxygens (including phenoxy) is 1. The summed E-state index contributed by atoms with van der Waals surface area (Å²) in [5.74, 6) is 0.921. The molecule has 0 bridgehead atoms. The molecule has 2 aromatic carbocycles. The number of aryl methyl sites for hydroxylation is 1. The Hall–Kier alpha value is -2.09. The molecule has 2 heteroatoms. The van der Waals surface area contributed by atoms with Crippen molar-refractivity contribution in [2.75, 3.05) is 7.11 Å². The number of hydrogen-bond donors (Lipinski definition) is 0. The average molecular weight is 240 g/mol. The van der Waals surface area contributed by atoms with Gasteiger partial charge in [-0.3, -0.25) is 4.79 Å². The number of carbonyl (C=O) groups excluding carboxylic acids is 1. The van der Waals surface area contributed by atoms with Gasteiger partial charge in [-0.2, -0.15) is 0 Å². The van der Waals surface area contributed by atoms with Crippen LogP contribution in [0.25, 0.3) is 0 Å². The van der Waals surface area contributed by atoms with Crippen LogP contribution in [-0.2, 0) is 6.42 Å². The molecule has 0 aliphatic heterocycles. The minimum absolute atomic E-state index is 0.140. The molecule has 0 aliphatic rings. The Morgan fingerprint density at radius 2 is 1.83 bits per heavy atom. The molecular weight excluding hydrogens is 224 g/mol. The Morgan fingerprint density at radius 3 is 2.44 bits per heavy atom. The second-order valence-corrected chi connectivity index (χ2v) is 4.27. The molecule has 0 saturated heterocycles. The third-order valence-corrected chi connectivity index (χ3v) is 2.94. The van der Waals surface area contributed by atoms with Gasteiger partial charge in [-0.05, 0) is 36.2 Å². The fourth-order valence-corrected chi connectivity index (χ4v) is 1.95. The molecular formula is C16H16O2. The predicted octanol–water partition coefficient (Wildman–Crippen LogP) is 3.43. The number of rotatable bonds is 4. The van der Waals surface area contributed by atoms with Crippen LogP contribution in [-0.4, -0.2) is 12.9 Å². The minimum atomic E-state index is 0.140. The van der Waals surface area contributed by atoms with Gasteiger partial charge < -0.3 is 4.74 Å². The molecule has 0 fully saturated rings. The normalized spacial score (nSPS) is 10.1. The van der Waals surface area contributed by atoms with Crippen LogP contribution in [0.5, 0.6) is 5.75 Å². The van der Waals surface area contributed by atoms with Gasteiger partial charge in [0.1, 0.15) is 5.75 Å². The van der Waals surface area contributed by atoms with Crippen LogP contribution in [0.15, 0.2) is 48.5 Å². The van der Waals surface area contributed by atoms with E-state index < -0.39 is 0 Å². The standard InChI is InChI=1S/C16H16O2/c1-12-10-14(18-2)8-9-15(12)16(17)11-13-6-4-3-5-7-13/h3-10H,11H2,1-2H3. The van der Waals surface area contributed by atoms with Crippen LogP contribution < -0.4 is 4.74 Å². The lowest BCUT2D eigenvalue weighted by atomic mass is 9.99. The van der Waals surface area contributed by atoms with E-state index in [-0.39, 0.29) is 5.78 Å². The fraction of sp³-hybridized carbons (Fsp3) is 0.188. The Bertz CT molecular complexity index is 544. The SMILES string of the molecule is COc1ccc(C(=O)Cc2ccccc2)c(C)c1. The van der Waals surface area contributed by atoms with Crippen molar-refractivity contribution in [3.63, 3.8) is 0 Å². The van der Waals surface area contributed by atoms with E-state index in [9.17, 15) is 4.79 Å². The third-order valence-electron chi connectivity index (χ3n) is 2.94. The zero-order chi connectivity index (χ0) is 13.0. The van der Waals surface area contributed by atoms with Gasteiger partial charge in [-0.1, -0.05) is 30.3 Å². The summed E-state index contributed by atoms with van der Waals surface area (Å²) in [5.41, 5.74) is 2.76. The molecule has 0 unspecified atom stereocenters. The van der Waals surface area contributed by atoms with Gasteiger partial charge in [-0.25, -0.2) is 0 Å². The Morgan fingerprint density at radius 1 is 1.11 bits per heavy atom. The lowest BCUT2D eigenvalue weighted by Gasteiger charge is -2.07. The summed E-state index contributed by atoms with van der Waals surface area (Å²) < 4.78 is 5.14. The van der Waals surface area contributed by atoms with E-state index in [2.05, 4.69) is 0 Å². The van der Waals surface area contributed by atoms with Crippen LogP contribution in [0.2, 0.25) is 0 Å². The van der Waals surface area contributed by atoms with Gasteiger partial charge in [0, 0.05) is 12.0 Å². The topological polar surface area (TPSA) is 26.3 Å². The van der Waals surface area contributed by atoms with E-state index in [0.717, 1.165) is 22.4 Å². The second kappa shape index (κ2) is 5.50. The average Bonchev–Trinajstić information content (AvgIpc) is 2.39. The van der Waals surface area contributed by atoms with Crippen LogP contribution in [0.4, 0.5) is 0 Å². The summed E-state index contributed by atoms with van der Waals surface area (Å²) >= 11 is 0. The molecule has 0 aromatic heterocycles. The first-order valence-corrected chi connectivity index (χ1v) is 5.92. The van der Waals surface area contributed by atoms with Crippen LogP contribution in [0.1, 0.15) is 21.5 Å². The summed E-state index contributed by atoms with van der Waals surface area (Å²) in [6.07, 6.45) is 0.439. The number of Topliss-reactive ketones (excluding diaryl/α,β-unsaturated/α-hetero) is 1. The zero-order valence-electron chi connectivity index (χ0n) is 10.6. The van der Waals surface area contributed by atoms with Gasteiger partial charge in [0.25, 0.3) is 0 Å². The first-order chi connectivity index (χ1) is 8.70. The lowest BCUT2D eigenvalue weighted by molar-refractivity contribution is 0.0992. The van der Waals surface area contributed by atoms with Crippen molar-refractivity contribution < 1.29 is 9.53 Å². The summed E-state index contributed by atoms with van der Waals surface area (Å²) in [7, 11) is 1.63. The van der Waals surface area contributed by atoms with Crippen LogP contribution in [0.3, 0.4) is 0 Å². The van der Waals surface area contributed by atoms with Crippen molar-refractivity contribution >= 4 is 5.78 Å². The zero-order valence-corrected chi connectivity index (χ0v) is 10.6. The third kappa shape index (κ3) is 2.77. The van der Waals surface area contributed by atoms with Crippen LogP contribution in [0, 0.1) is 6.92 Å². The fourth-order valence-electron chi connectivity index (χ4n) is 1.95. The van der Waals surface area contributed by atoms with E-state index in [1.807, 2.05) is 55.5 Å². The van der Waals surface area contributed by atoms with Crippen molar-refractivity contribution in [1.29, 1.82) is 0 Å². The molecule has 0 aliphatic carbocycles. The van der Waals surface area contributed by atoms with E-state index in [4.69, 9.17) is 4.74 Å². The molecule has 0 amide bonds. The maximum absolute atomic E-state index is 12.2. The maximum atomic E-state index is 12.2. The monoisotopic (exact) mass is 240 g/mol. The Labute approximate surface area is 107 Å². The van der Waals surface area contributed by atoms with Crippen molar-refractivity contribution in [3.05, 3.63) is 65.2 Å². The highest BCUT2D eigenvalue weighted by molar-refractivity contribution is 5.98. The molecule has 2 rings (SSSR count). The number of ketones is 1. The van der Waals surface area contributed by atoms with Gasteiger partial charge in [0.2, 0.25) is 0 Å². The smallest absolute Gasteiger partial charge is 0.167 e. The van der Waals surface area contributed by atoms with Gasteiger partial charge in [0.05, 0.1) is 7.11 Å². The Balaban J connectivity index is 2.19. The first-order valence-electron chi connectivity index (χ1n) is 5.92. The van der Waals surface area contributed by atoms with E-state index >= 15 is 0 Å². The number of carbonyl (C=O) groups is 1. The minimum Gasteiger partial charge on any atom is -0.497 e. The molecule has 0 radical (unpaired) electrons. The number of methoxy groups -OCH3 is 1. The van der Waals surface area contributed by atoms with Crippen molar-refractivity contribution in [2.45, 2.75) is 13.3 Å². The first kappa shape index (κ1) is 12.4. The van der Waals surface area contributed by atoms with Crippen molar-refractivity contribution in [2.24, 2.45) is 0 Å². The van der Waals surface area contributed by atoms with E-state index in [1.54, 1.807) is 7.11 Å². The van der Waals surface area contributed by atoms with Gasteiger partial charge >= 0.3 is 0 Å². The Kier molecular flexibility index (Phi) is 3.78. The second-order valence-electron chi connectivity index (χ2n) is 4.27. The molecule has 0 N–H and O–H groups in total. The molecule has 2 nitrogen and oxygen atoms in total. The molecule has 0 heterocycles. The molecule has 0 atom stereocenters. The highest BCUT2D eigenvalue weighted by Gasteiger charge is 2.10. The molecule has 0 spiro atoms. The molecule has 18 heavy (non-hydrogen) atoms. The predicted molar refractivity (Wildman–Crippen MR) is 72.2 cm³/mol. The van der Waals surface area contributed by atoms with Gasteiger partial charge in [0.15, 0.2) is 5.78 Å². The summed E-state index contributed by atoms with van der Waals surface area (Å²) in [6.45, 7) is 1.93. The summed E-state index contributed by atoms with van der Waals surface area (Å²) in [5, 5.41) is 0. The molecule has 2 aromatic rings. The molecule has 0 saturated carbocycles. The number of hydrogen-bond acceptors (Lipinski definition) is 2. The molecule has 92 valence electrons. The summed E-state index contributed by atoms with van der Waals surface area (Å²) in [4.78, 5) is 12.2. The highest BCUT2D eigenvalue weighted by Crippen LogP contribution is 2.18. The van der Waals surface area contributed by atoms with Crippen molar-refractivity contribution in [1.82, 2.24) is 0 Å². The largest absolute Gasteiger partial charge is 0.497 e. The van der Waals surface area contributed by atoms with Crippen LogP contribution >= 0.6 is 0 Å².